The van der Waals surface area contributed by atoms with Gasteiger partial charge in [-0.2, -0.15) is 0 Å². The van der Waals surface area contributed by atoms with E-state index < -0.39 is 0 Å². The molecular formula is C55H45N. The lowest BCUT2D eigenvalue weighted by atomic mass is 9.78. The molecule has 1 heteroatoms. The van der Waals surface area contributed by atoms with Gasteiger partial charge in [0.05, 0.1) is 11.0 Å². The monoisotopic (exact) mass is 719 g/mol. The van der Waals surface area contributed by atoms with Gasteiger partial charge in [-0.3, -0.25) is 0 Å². The topological polar surface area (TPSA) is 4.93 Å². The van der Waals surface area contributed by atoms with Gasteiger partial charge in [0.15, 0.2) is 0 Å². The molecule has 1 nitrogen and oxygen atoms in total. The number of aromatic nitrogens is 1. The molecule has 0 N–H and O–H groups in total. The summed E-state index contributed by atoms with van der Waals surface area (Å²) in [5, 5.41) is 2.53. The summed E-state index contributed by atoms with van der Waals surface area (Å²) in [4.78, 5) is 0. The summed E-state index contributed by atoms with van der Waals surface area (Å²) in [7, 11) is 0. The van der Waals surface area contributed by atoms with Crippen molar-refractivity contribution in [2.24, 2.45) is 0 Å². The van der Waals surface area contributed by atoms with Crippen LogP contribution in [0.5, 0.6) is 0 Å². The molecule has 0 aliphatic heterocycles. The largest absolute Gasteiger partial charge is 0.309 e. The molecule has 0 radical (unpaired) electrons. The van der Waals surface area contributed by atoms with Crippen LogP contribution in [0.3, 0.4) is 0 Å². The average Bonchev–Trinajstić information content (AvgIpc) is 3.70. The molecule has 8 aromatic carbocycles. The SMILES string of the molecule is CCC(c1ccc2c(c1)C(C)(C)c1ccccc1-2)c1ccccc1-c1cc(-c2ccc3c(c2)c2ccccc2n3-c2cccc(-c3ccccc3)c2)ccc1C. The molecule has 1 heterocycles. The molecule has 0 saturated heterocycles. The van der Waals surface area contributed by atoms with Crippen molar-refractivity contribution in [3.63, 3.8) is 0 Å². The summed E-state index contributed by atoms with van der Waals surface area (Å²) in [6.45, 7) is 9.35. The lowest BCUT2D eigenvalue weighted by molar-refractivity contribution is 0.657. The smallest absolute Gasteiger partial charge is 0.0541 e. The lowest BCUT2D eigenvalue weighted by Gasteiger charge is -2.25. The Balaban J connectivity index is 1.06. The molecule has 1 aliphatic carbocycles. The van der Waals surface area contributed by atoms with Crippen LogP contribution >= 0.6 is 0 Å². The van der Waals surface area contributed by atoms with Crippen molar-refractivity contribution in [3.8, 4) is 50.2 Å². The molecule has 1 unspecified atom stereocenters. The number of fused-ring (bicyclic) bond motifs is 6. The third-order valence-electron chi connectivity index (χ3n) is 12.5. The van der Waals surface area contributed by atoms with E-state index in [1.807, 2.05) is 0 Å². The number of para-hydroxylation sites is 1. The van der Waals surface area contributed by atoms with Gasteiger partial charge in [0.25, 0.3) is 0 Å². The molecule has 1 aromatic heterocycles. The fourth-order valence-electron chi connectivity index (χ4n) is 9.60. The van der Waals surface area contributed by atoms with Crippen molar-refractivity contribution in [2.45, 2.75) is 45.4 Å². The zero-order chi connectivity index (χ0) is 38.0. The first-order valence-electron chi connectivity index (χ1n) is 20.0. The molecule has 10 rings (SSSR count). The molecule has 56 heavy (non-hydrogen) atoms. The minimum atomic E-state index is -0.0235. The molecule has 1 aliphatic rings. The van der Waals surface area contributed by atoms with Crippen molar-refractivity contribution >= 4 is 21.8 Å². The lowest BCUT2D eigenvalue weighted by Crippen LogP contribution is -2.15. The minimum absolute atomic E-state index is 0.0235. The van der Waals surface area contributed by atoms with Gasteiger partial charge in [-0.1, -0.05) is 166 Å². The summed E-state index contributed by atoms with van der Waals surface area (Å²) >= 11 is 0. The molecule has 270 valence electrons. The van der Waals surface area contributed by atoms with Crippen LogP contribution in [-0.2, 0) is 5.41 Å². The Bertz CT molecular complexity index is 2940. The highest BCUT2D eigenvalue weighted by Gasteiger charge is 2.35. The van der Waals surface area contributed by atoms with Crippen LogP contribution in [0, 0.1) is 6.92 Å². The Morgan fingerprint density at radius 2 is 1.12 bits per heavy atom. The molecule has 0 saturated carbocycles. The van der Waals surface area contributed by atoms with Crippen molar-refractivity contribution < 1.29 is 0 Å². The number of hydrogen-bond donors (Lipinski definition) is 0. The highest BCUT2D eigenvalue weighted by Crippen LogP contribution is 2.50. The van der Waals surface area contributed by atoms with Gasteiger partial charge in [0, 0.05) is 27.8 Å². The summed E-state index contributed by atoms with van der Waals surface area (Å²) in [5.41, 5.74) is 20.8. The number of nitrogens with zero attached hydrogens (tertiary/aromatic N) is 1. The second-order valence-corrected chi connectivity index (χ2v) is 16.1. The fourth-order valence-corrected chi connectivity index (χ4v) is 9.60. The summed E-state index contributed by atoms with van der Waals surface area (Å²) in [5.74, 6) is 0.280. The molecular weight excluding hydrogens is 675 g/mol. The predicted octanol–water partition coefficient (Wildman–Crippen LogP) is 14.9. The Morgan fingerprint density at radius 3 is 1.98 bits per heavy atom. The van der Waals surface area contributed by atoms with E-state index >= 15 is 0 Å². The first kappa shape index (κ1) is 34.1. The Hall–Kier alpha value is -6.44. The Morgan fingerprint density at radius 1 is 0.464 bits per heavy atom. The Kier molecular flexibility index (Phi) is 8.15. The van der Waals surface area contributed by atoms with Crippen LogP contribution in [-0.4, -0.2) is 4.57 Å². The van der Waals surface area contributed by atoms with E-state index in [-0.39, 0.29) is 11.3 Å². The van der Waals surface area contributed by atoms with Crippen molar-refractivity contribution in [2.75, 3.05) is 0 Å². The van der Waals surface area contributed by atoms with E-state index in [9.17, 15) is 0 Å². The zero-order valence-electron chi connectivity index (χ0n) is 32.6. The molecule has 0 bridgehead atoms. The van der Waals surface area contributed by atoms with Gasteiger partial charge in [0.2, 0.25) is 0 Å². The van der Waals surface area contributed by atoms with Gasteiger partial charge in [0.1, 0.15) is 0 Å². The minimum Gasteiger partial charge on any atom is -0.309 e. The van der Waals surface area contributed by atoms with Crippen LogP contribution < -0.4 is 0 Å². The maximum Gasteiger partial charge on any atom is 0.0541 e. The quantitative estimate of drug-likeness (QED) is 0.155. The number of rotatable bonds is 7. The molecule has 0 fully saturated rings. The van der Waals surface area contributed by atoms with Crippen LogP contribution in [0.2, 0.25) is 0 Å². The predicted molar refractivity (Wildman–Crippen MR) is 238 cm³/mol. The van der Waals surface area contributed by atoms with E-state index in [2.05, 4.69) is 214 Å². The third kappa shape index (κ3) is 5.45. The van der Waals surface area contributed by atoms with Crippen molar-refractivity contribution in [1.82, 2.24) is 4.57 Å². The van der Waals surface area contributed by atoms with Gasteiger partial charge in [-0.15, -0.1) is 0 Å². The maximum atomic E-state index is 2.51. The third-order valence-corrected chi connectivity index (χ3v) is 12.5. The van der Waals surface area contributed by atoms with E-state index in [0.29, 0.717) is 0 Å². The van der Waals surface area contributed by atoms with Crippen LogP contribution in [0.4, 0.5) is 0 Å². The van der Waals surface area contributed by atoms with Crippen molar-refractivity contribution in [1.29, 1.82) is 0 Å². The van der Waals surface area contributed by atoms with E-state index in [1.54, 1.807) is 0 Å². The van der Waals surface area contributed by atoms with Gasteiger partial charge in [-0.05, 0) is 122 Å². The summed E-state index contributed by atoms with van der Waals surface area (Å²) in [6.07, 6.45) is 1.02. The zero-order valence-corrected chi connectivity index (χ0v) is 32.6. The van der Waals surface area contributed by atoms with Gasteiger partial charge >= 0.3 is 0 Å². The maximum absolute atomic E-state index is 2.51. The van der Waals surface area contributed by atoms with Crippen LogP contribution in [0.25, 0.3) is 72.0 Å². The van der Waals surface area contributed by atoms with Gasteiger partial charge < -0.3 is 4.57 Å². The number of benzene rings is 8. The Labute approximate surface area is 330 Å². The summed E-state index contributed by atoms with van der Waals surface area (Å²) in [6, 6.07) is 67.7. The van der Waals surface area contributed by atoms with E-state index in [1.165, 1.54) is 99.8 Å². The van der Waals surface area contributed by atoms with Crippen LogP contribution in [0.15, 0.2) is 182 Å². The standard InChI is InChI=1S/C55H45N/c1-5-43(41-28-30-47-46-22-11-13-24-51(46)55(3,4)52(47)35-41)44-20-9-10-21-45(44)49-33-39(27-26-36(49)2)40-29-31-54-50(34-40)48-23-12-14-25-53(48)56(54)42-19-15-18-38(32-42)37-16-7-6-8-17-37/h6-35,43H,5H2,1-4H3. The molecule has 0 spiro atoms. The number of aryl methyl sites for hydroxylation is 1. The highest BCUT2D eigenvalue weighted by atomic mass is 15.0. The van der Waals surface area contributed by atoms with Crippen LogP contribution in [0.1, 0.15) is 60.9 Å². The molecule has 9 aromatic rings. The normalized spacial score (nSPS) is 13.5. The second-order valence-electron chi connectivity index (χ2n) is 16.1. The first-order chi connectivity index (χ1) is 27.4. The molecule has 1 atom stereocenters. The second kappa shape index (κ2) is 13.4. The van der Waals surface area contributed by atoms with E-state index in [0.717, 1.165) is 6.42 Å². The highest BCUT2D eigenvalue weighted by molar-refractivity contribution is 6.10. The first-order valence-corrected chi connectivity index (χ1v) is 20.0. The van der Waals surface area contributed by atoms with Gasteiger partial charge in [-0.25, -0.2) is 0 Å². The molecule has 0 amide bonds. The number of hydrogen-bond acceptors (Lipinski definition) is 0. The summed E-state index contributed by atoms with van der Waals surface area (Å²) < 4.78 is 2.42. The van der Waals surface area contributed by atoms with E-state index in [4.69, 9.17) is 0 Å². The van der Waals surface area contributed by atoms with Crippen molar-refractivity contribution in [3.05, 3.63) is 210 Å². The average molecular weight is 720 g/mol. The fraction of sp³-hybridized carbons (Fsp3) is 0.127.